The van der Waals surface area contributed by atoms with Gasteiger partial charge < -0.3 is 20.1 Å². The maximum atomic E-state index is 13.8. The summed E-state index contributed by atoms with van der Waals surface area (Å²) in [6, 6.07) is 14.2. The molecule has 0 bridgehead atoms. The number of carbonyl (C=O) groups excluding carboxylic acids is 2. The zero-order valence-corrected chi connectivity index (χ0v) is 19.0. The fraction of sp³-hybridized carbons (Fsp3) is 0.423. The van der Waals surface area contributed by atoms with E-state index in [1.54, 1.807) is 0 Å². The summed E-state index contributed by atoms with van der Waals surface area (Å²) in [5.74, 6) is -5.91. The summed E-state index contributed by atoms with van der Waals surface area (Å²) >= 11 is 0. The maximum absolute atomic E-state index is 13.8. The zero-order valence-electron chi connectivity index (χ0n) is 19.0. The molecule has 2 aromatic carbocycles. The molecule has 7 nitrogen and oxygen atoms in total. The van der Waals surface area contributed by atoms with E-state index in [0.717, 1.165) is 27.2 Å². The van der Waals surface area contributed by atoms with E-state index in [2.05, 4.69) is 17.4 Å². The van der Waals surface area contributed by atoms with E-state index >= 15 is 0 Å². The van der Waals surface area contributed by atoms with Crippen LogP contribution in [0.3, 0.4) is 0 Å². The summed E-state index contributed by atoms with van der Waals surface area (Å²) in [7, 11) is 0. The number of hydrogen-bond donors (Lipinski definition) is 2. The molecule has 0 aromatic heterocycles. The number of carboxylic acid groups (broad SMARTS) is 1. The molecule has 2 N–H and O–H groups in total. The number of ether oxygens (including phenoxy) is 1. The van der Waals surface area contributed by atoms with Crippen LogP contribution in [0.1, 0.15) is 42.7 Å². The van der Waals surface area contributed by atoms with E-state index in [-0.39, 0.29) is 25.0 Å². The van der Waals surface area contributed by atoms with Crippen molar-refractivity contribution in [3.8, 4) is 11.1 Å². The minimum atomic E-state index is -3.21. The molecule has 1 aliphatic heterocycles. The summed E-state index contributed by atoms with van der Waals surface area (Å²) in [5, 5.41) is 12.0. The minimum Gasteiger partial charge on any atom is -0.480 e. The van der Waals surface area contributed by atoms with Crippen LogP contribution in [0.4, 0.5) is 13.6 Å². The highest BCUT2D eigenvalue weighted by Crippen LogP contribution is 2.44. The first kappa shape index (κ1) is 23.3. The molecule has 35 heavy (non-hydrogen) atoms. The molecule has 184 valence electrons. The molecule has 2 unspecified atom stereocenters. The molecule has 2 fully saturated rings. The van der Waals surface area contributed by atoms with E-state index in [1.165, 1.54) is 0 Å². The highest BCUT2D eigenvalue weighted by Gasteiger charge is 2.51. The van der Waals surface area contributed by atoms with Crippen LogP contribution in [0, 0.1) is 5.92 Å². The normalized spacial score (nSPS) is 24.6. The number of carboxylic acids is 1. The van der Waals surface area contributed by atoms with Gasteiger partial charge >= 0.3 is 12.1 Å². The molecule has 2 aliphatic carbocycles. The second-order valence-corrected chi connectivity index (χ2v) is 9.56. The number of nitrogens with zero attached hydrogens (tertiary/aromatic N) is 1. The van der Waals surface area contributed by atoms with E-state index < -0.39 is 48.8 Å². The predicted molar refractivity (Wildman–Crippen MR) is 122 cm³/mol. The van der Waals surface area contributed by atoms with Crippen molar-refractivity contribution in [2.75, 3.05) is 13.2 Å². The summed E-state index contributed by atoms with van der Waals surface area (Å²) in [5.41, 5.74) is 4.45. The van der Waals surface area contributed by atoms with Crippen LogP contribution in [-0.2, 0) is 14.3 Å². The van der Waals surface area contributed by atoms with Gasteiger partial charge in [0.1, 0.15) is 12.6 Å². The Balaban J connectivity index is 1.17. The highest BCUT2D eigenvalue weighted by atomic mass is 19.3. The van der Waals surface area contributed by atoms with Crippen LogP contribution in [0.15, 0.2) is 48.5 Å². The minimum absolute atomic E-state index is 0.0733. The first-order valence-electron chi connectivity index (χ1n) is 11.8. The van der Waals surface area contributed by atoms with E-state index in [0.29, 0.717) is 12.8 Å². The van der Waals surface area contributed by atoms with Crippen molar-refractivity contribution in [3.05, 3.63) is 59.7 Å². The molecule has 0 spiro atoms. The zero-order chi connectivity index (χ0) is 24.7. The summed E-state index contributed by atoms with van der Waals surface area (Å²) in [4.78, 5) is 37.5. The largest absolute Gasteiger partial charge is 0.480 e. The molecule has 0 radical (unpaired) electrons. The Labute approximate surface area is 201 Å². The number of carbonyl (C=O) groups is 3. The number of benzene rings is 2. The monoisotopic (exact) mass is 484 g/mol. The molecule has 1 heterocycles. The number of alkyl halides is 2. The number of fused-ring (bicyclic) bond motifs is 3. The lowest BCUT2D eigenvalue weighted by Gasteiger charge is -2.24. The standard InChI is InChI=1S/C26H26F2N2O5/c27-26(28)12-22(24(32)33)30(14-26)23(31)15-9-10-16(11-15)29-25(34)35-13-21-19-7-3-1-5-17(19)18-6-2-4-8-20(18)21/h1-8,15-16,21-22H,9-14H2,(H,29,34)(H,32,33)/t15?,16?,22-/m0/s1. The topological polar surface area (TPSA) is 95.9 Å². The molecule has 1 saturated heterocycles. The Hall–Kier alpha value is -3.49. The Morgan fingerprint density at radius 1 is 1.03 bits per heavy atom. The quantitative estimate of drug-likeness (QED) is 0.669. The van der Waals surface area contributed by atoms with Gasteiger partial charge in [0.05, 0.1) is 6.54 Å². The van der Waals surface area contributed by atoms with Gasteiger partial charge in [-0.15, -0.1) is 0 Å². The third-order valence-electron chi connectivity index (χ3n) is 7.29. The van der Waals surface area contributed by atoms with Crippen molar-refractivity contribution in [1.82, 2.24) is 10.2 Å². The van der Waals surface area contributed by atoms with Crippen molar-refractivity contribution >= 4 is 18.0 Å². The third kappa shape index (κ3) is 4.47. The number of aliphatic carboxylic acids is 1. The Bertz CT molecular complexity index is 1120. The van der Waals surface area contributed by atoms with Crippen molar-refractivity contribution in [3.63, 3.8) is 0 Å². The lowest BCUT2D eigenvalue weighted by atomic mass is 9.98. The summed E-state index contributed by atoms with van der Waals surface area (Å²) in [6.45, 7) is -0.720. The molecule has 1 saturated carbocycles. The maximum Gasteiger partial charge on any atom is 0.407 e. The highest BCUT2D eigenvalue weighted by molar-refractivity contribution is 5.86. The second kappa shape index (κ2) is 8.94. The first-order chi connectivity index (χ1) is 16.7. The summed E-state index contributed by atoms with van der Waals surface area (Å²) < 4.78 is 33.1. The number of likely N-dealkylation sites (tertiary alicyclic amines) is 1. The van der Waals surface area contributed by atoms with Gasteiger partial charge in [-0.05, 0) is 41.5 Å². The molecular formula is C26H26F2N2O5. The first-order valence-corrected chi connectivity index (χ1v) is 11.8. The van der Waals surface area contributed by atoms with Crippen LogP contribution >= 0.6 is 0 Å². The molecule has 5 rings (SSSR count). The molecule has 2 aromatic rings. The molecule has 3 aliphatic rings. The number of halogens is 2. The molecular weight excluding hydrogens is 458 g/mol. The van der Waals surface area contributed by atoms with Crippen LogP contribution in [0.25, 0.3) is 11.1 Å². The van der Waals surface area contributed by atoms with Gasteiger partial charge in [-0.1, -0.05) is 48.5 Å². The number of alkyl carbamates (subject to hydrolysis) is 1. The predicted octanol–water partition coefficient (Wildman–Crippen LogP) is 4.01. The number of rotatable bonds is 5. The Morgan fingerprint density at radius 3 is 2.29 bits per heavy atom. The average Bonchev–Trinajstić information content (AvgIpc) is 3.51. The SMILES string of the molecule is O=C(NC1CCC(C(=O)N2CC(F)(F)C[C@H]2C(=O)O)C1)OCC1c2ccccc2-c2ccccc21. The van der Waals surface area contributed by atoms with Gasteiger partial charge in [0, 0.05) is 24.3 Å². The fourth-order valence-electron chi connectivity index (χ4n) is 5.65. The van der Waals surface area contributed by atoms with Gasteiger partial charge in [-0.2, -0.15) is 0 Å². The molecule has 2 amide bonds. The van der Waals surface area contributed by atoms with Crippen molar-refractivity contribution in [2.24, 2.45) is 5.92 Å². The number of hydrogen-bond acceptors (Lipinski definition) is 4. The fourth-order valence-corrected chi connectivity index (χ4v) is 5.65. The second-order valence-electron chi connectivity index (χ2n) is 9.56. The van der Waals surface area contributed by atoms with Crippen molar-refractivity contribution in [1.29, 1.82) is 0 Å². The van der Waals surface area contributed by atoms with Gasteiger partial charge in [0.25, 0.3) is 5.92 Å². The molecule has 9 heteroatoms. The van der Waals surface area contributed by atoms with E-state index in [4.69, 9.17) is 4.74 Å². The van der Waals surface area contributed by atoms with Gasteiger partial charge in [-0.25, -0.2) is 18.4 Å². The van der Waals surface area contributed by atoms with Crippen LogP contribution in [-0.4, -0.2) is 59.1 Å². The molecule has 3 atom stereocenters. The number of nitrogens with one attached hydrogen (secondary N) is 1. The van der Waals surface area contributed by atoms with E-state index in [9.17, 15) is 28.3 Å². The van der Waals surface area contributed by atoms with Crippen LogP contribution in [0.5, 0.6) is 0 Å². The lowest BCUT2D eigenvalue weighted by Crippen LogP contribution is -2.44. The Morgan fingerprint density at radius 2 is 1.66 bits per heavy atom. The van der Waals surface area contributed by atoms with E-state index in [1.807, 2.05) is 36.4 Å². The van der Waals surface area contributed by atoms with Gasteiger partial charge in [-0.3, -0.25) is 4.79 Å². The average molecular weight is 484 g/mol. The third-order valence-corrected chi connectivity index (χ3v) is 7.29. The van der Waals surface area contributed by atoms with Crippen LogP contribution < -0.4 is 5.32 Å². The van der Waals surface area contributed by atoms with Crippen molar-refractivity contribution in [2.45, 2.75) is 49.6 Å². The van der Waals surface area contributed by atoms with Gasteiger partial charge in [0.2, 0.25) is 5.91 Å². The van der Waals surface area contributed by atoms with Crippen LogP contribution in [0.2, 0.25) is 0 Å². The smallest absolute Gasteiger partial charge is 0.407 e. The Kier molecular flexibility index (Phi) is 5.94. The van der Waals surface area contributed by atoms with Gasteiger partial charge in [0.15, 0.2) is 0 Å². The summed E-state index contributed by atoms with van der Waals surface area (Å²) in [6.07, 6.45) is -0.329. The number of amides is 2. The van der Waals surface area contributed by atoms with Crippen molar-refractivity contribution < 1.29 is 33.0 Å². The lowest BCUT2D eigenvalue weighted by molar-refractivity contribution is -0.149.